The van der Waals surface area contributed by atoms with Gasteiger partial charge in [-0.2, -0.15) is 0 Å². The van der Waals surface area contributed by atoms with Gasteiger partial charge < -0.3 is 5.32 Å². The molecule has 0 heterocycles. The minimum Gasteiger partial charge on any atom is -0.385 e. The van der Waals surface area contributed by atoms with Gasteiger partial charge in [-0.1, -0.05) is 106 Å². The highest BCUT2D eigenvalue weighted by Crippen LogP contribution is 2.23. The minimum absolute atomic E-state index is 0.912. The van der Waals surface area contributed by atoms with Gasteiger partial charge in [-0.3, -0.25) is 0 Å². The van der Waals surface area contributed by atoms with Crippen molar-refractivity contribution in [3.63, 3.8) is 0 Å². The van der Waals surface area contributed by atoms with Gasteiger partial charge in [0.1, 0.15) is 0 Å². The summed E-state index contributed by atoms with van der Waals surface area (Å²) in [7, 11) is 0. The molecule has 0 unspecified atom stereocenters. The van der Waals surface area contributed by atoms with Crippen LogP contribution in [-0.4, -0.2) is 6.54 Å². The van der Waals surface area contributed by atoms with Gasteiger partial charge in [0, 0.05) is 12.2 Å². The first kappa shape index (κ1) is 18.6. The van der Waals surface area contributed by atoms with E-state index in [1.165, 1.54) is 63.5 Å². The van der Waals surface area contributed by atoms with Gasteiger partial charge in [0.2, 0.25) is 0 Å². The molecule has 1 heteroatoms. The van der Waals surface area contributed by atoms with Crippen molar-refractivity contribution in [1.82, 2.24) is 5.32 Å². The summed E-state index contributed by atoms with van der Waals surface area (Å²) in [6.45, 7) is 1.08. The number of allylic oxidation sites excluding steroid dienone is 11. The van der Waals surface area contributed by atoms with Crippen molar-refractivity contribution >= 4 is 0 Å². The van der Waals surface area contributed by atoms with Crippen LogP contribution in [0, 0.1) is 5.92 Å². The summed E-state index contributed by atoms with van der Waals surface area (Å²) in [6, 6.07) is 0. The van der Waals surface area contributed by atoms with E-state index in [0.717, 1.165) is 12.5 Å². The van der Waals surface area contributed by atoms with Gasteiger partial charge >= 0.3 is 0 Å². The molecule has 0 spiro atoms. The Bertz CT molecular complexity index is 492. The number of nitrogens with one attached hydrogen (secondary N) is 1. The first-order valence-electron chi connectivity index (χ1n) is 9.74. The van der Waals surface area contributed by atoms with Gasteiger partial charge in [-0.05, 0) is 24.5 Å². The maximum absolute atomic E-state index is 3.62. The zero-order valence-electron chi connectivity index (χ0n) is 15.0. The SMILES string of the molecule is C1=C\C=C/C=C(NCCC2CCCCCCCC2)\C=C/C=C/C=C1. The summed E-state index contributed by atoms with van der Waals surface area (Å²) in [4.78, 5) is 0. The smallest absolute Gasteiger partial charge is 0.0340 e. The molecule has 2 aliphatic carbocycles. The zero-order chi connectivity index (χ0) is 16.7. The molecule has 1 fully saturated rings. The fraction of sp³-hybridized carbons (Fsp3) is 0.478. The van der Waals surface area contributed by atoms with Crippen LogP contribution in [0.3, 0.4) is 0 Å². The number of hydrogen-bond donors (Lipinski definition) is 1. The monoisotopic (exact) mass is 323 g/mol. The summed E-state index contributed by atoms with van der Waals surface area (Å²) >= 11 is 0. The third kappa shape index (κ3) is 8.76. The average molecular weight is 324 g/mol. The summed E-state index contributed by atoms with van der Waals surface area (Å²) in [5.74, 6) is 0.912. The van der Waals surface area contributed by atoms with Crippen molar-refractivity contribution in [2.45, 2.75) is 57.8 Å². The molecule has 0 atom stereocenters. The average Bonchev–Trinajstić information content (AvgIpc) is 2.71. The molecule has 130 valence electrons. The quantitative estimate of drug-likeness (QED) is 0.631. The van der Waals surface area contributed by atoms with Crippen LogP contribution in [0.5, 0.6) is 0 Å². The Balaban J connectivity index is 1.81. The maximum atomic E-state index is 3.62. The van der Waals surface area contributed by atoms with E-state index in [1.807, 2.05) is 18.2 Å². The largest absolute Gasteiger partial charge is 0.385 e. The van der Waals surface area contributed by atoms with E-state index >= 15 is 0 Å². The van der Waals surface area contributed by atoms with E-state index in [9.17, 15) is 0 Å². The molecule has 0 aromatic carbocycles. The highest BCUT2D eigenvalue weighted by Gasteiger charge is 2.10. The summed E-state index contributed by atoms with van der Waals surface area (Å²) in [6.07, 6.45) is 35.7. The van der Waals surface area contributed by atoms with Crippen molar-refractivity contribution in [1.29, 1.82) is 0 Å². The van der Waals surface area contributed by atoms with Gasteiger partial charge in [-0.15, -0.1) is 0 Å². The van der Waals surface area contributed by atoms with Gasteiger partial charge in [0.25, 0.3) is 0 Å². The van der Waals surface area contributed by atoms with E-state index in [0.29, 0.717) is 0 Å². The van der Waals surface area contributed by atoms with E-state index in [-0.39, 0.29) is 0 Å². The summed E-state index contributed by atoms with van der Waals surface area (Å²) in [5.41, 5.74) is 1.19. The maximum Gasteiger partial charge on any atom is 0.0340 e. The molecule has 0 aliphatic heterocycles. The summed E-state index contributed by atoms with van der Waals surface area (Å²) < 4.78 is 0. The van der Waals surface area contributed by atoms with Crippen LogP contribution < -0.4 is 5.32 Å². The molecule has 0 aromatic heterocycles. The minimum atomic E-state index is 0.912. The molecular formula is C23H33N. The first-order valence-corrected chi connectivity index (χ1v) is 9.74. The molecule has 0 aromatic rings. The topological polar surface area (TPSA) is 12.0 Å². The Labute approximate surface area is 148 Å². The van der Waals surface area contributed by atoms with Crippen LogP contribution in [0.25, 0.3) is 0 Å². The van der Waals surface area contributed by atoms with Crippen molar-refractivity contribution in [2.75, 3.05) is 6.54 Å². The fourth-order valence-electron chi connectivity index (χ4n) is 3.37. The van der Waals surface area contributed by atoms with Crippen molar-refractivity contribution in [2.24, 2.45) is 5.92 Å². The lowest BCUT2D eigenvalue weighted by molar-refractivity contribution is 0.397. The zero-order valence-corrected chi connectivity index (χ0v) is 15.0. The Morgan fingerprint density at radius 1 is 0.667 bits per heavy atom. The Morgan fingerprint density at radius 3 is 1.88 bits per heavy atom. The van der Waals surface area contributed by atoms with Crippen molar-refractivity contribution in [3.8, 4) is 0 Å². The third-order valence-electron chi connectivity index (χ3n) is 4.80. The molecule has 0 bridgehead atoms. The van der Waals surface area contributed by atoms with Crippen LogP contribution in [-0.2, 0) is 0 Å². The second-order valence-corrected chi connectivity index (χ2v) is 6.80. The Morgan fingerprint density at radius 2 is 1.21 bits per heavy atom. The second-order valence-electron chi connectivity index (χ2n) is 6.80. The van der Waals surface area contributed by atoms with E-state index in [4.69, 9.17) is 0 Å². The van der Waals surface area contributed by atoms with Gasteiger partial charge in [0.05, 0.1) is 0 Å². The highest BCUT2D eigenvalue weighted by molar-refractivity contribution is 5.28. The number of hydrogen-bond acceptors (Lipinski definition) is 1. The lowest BCUT2D eigenvalue weighted by atomic mass is 9.94. The van der Waals surface area contributed by atoms with Crippen LogP contribution >= 0.6 is 0 Å². The standard InChI is InChI=1S/C23H33N/c1-2-4-10-14-18-23(19-15-11-5-3-1)24-21-20-22-16-12-8-6-7-9-13-17-22/h1-5,10-11,14-15,18-19,22,24H,6-9,12-13,16-17,20-21H2/b2-1?,3-1?,4-2?,5-3?,10-4+,11-5?,14-10?,15-11-,18-14-,19-15?,23-18?,23-19+. The van der Waals surface area contributed by atoms with Crippen molar-refractivity contribution < 1.29 is 0 Å². The molecule has 2 aliphatic rings. The molecule has 0 saturated heterocycles. The lowest BCUT2D eigenvalue weighted by Gasteiger charge is -2.16. The summed E-state index contributed by atoms with van der Waals surface area (Å²) in [5, 5.41) is 3.62. The predicted octanol–water partition coefficient (Wildman–Crippen LogP) is 6.40. The van der Waals surface area contributed by atoms with Crippen LogP contribution in [0.1, 0.15) is 57.8 Å². The Kier molecular flexibility index (Phi) is 9.78. The Hall–Kier alpha value is -1.76. The van der Waals surface area contributed by atoms with E-state index < -0.39 is 0 Å². The molecule has 0 amide bonds. The molecule has 1 nitrogen and oxygen atoms in total. The van der Waals surface area contributed by atoms with E-state index in [1.54, 1.807) is 0 Å². The fourth-order valence-corrected chi connectivity index (χ4v) is 3.37. The molecule has 24 heavy (non-hydrogen) atoms. The second kappa shape index (κ2) is 12.6. The van der Waals surface area contributed by atoms with E-state index in [2.05, 4.69) is 53.9 Å². The van der Waals surface area contributed by atoms with Crippen LogP contribution in [0.15, 0.2) is 72.5 Å². The highest BCUT2D eigenvalue weighted by atomic mass is 14.9. The molecule has 2 rings (SSSR count). The third-order valence-corrected chi connectivity index (χ3v) is 4.80. The predicted molar refractivity (Wildman–Crippen MR) is 107 cm³/mol. The van der Waals surface area contributed by atoms with Gasteiger partial charge in [-0.25, -0.2) is 0 Å². The molecule has 1 N–H and O–H groups in total. The van der Waals surface area contributed by atoms with Crippen molar-refractivity contribution in [3.05, 3.63) is 72.5 Å². The lowest BCUT2D eigenvalue weighted by Crippen LogP contribution is -2.17. The molecule has 1 saturated carbocycles. The van der Waals surface area contributed by atoms with Crippen LogP contribution in [0.2, 0.25) is 0 Å². The number of rotatable bonds is 4. The molecule has 0 radical (unpaired) electrons. The van der Waals surface area contributed by atoms with Crippen LogP contribution in [0.4, 0.5) is 0 Å². The molecular weight excluding hydrogens is 290 g/mol. The first-order chi connectivity index (χ1) is 11.9. The normalized spacial score (nSPS) is 26.6. The van der Waals surface area contributed by atoms with Gasteiger partial charge in [0.15, 0.2) is 0 Å².